The molecule has 0 spiro atoms. The second-order valence-corrected chi connectivity index (χ2v) is 11.7. The summed E-state index contributed by atoms with van der Waals surface area (Å²) in [7, 11) is 0. The summed E-state index contributed by atoms with van der Waals surface area (Å²) >= 11 is 2.68. The average Bonchev–Trinajstić information content (AvgIpc) is 2.56. The van der Waals surface area contributed by atoms with E-state index in [4.69, 9.17) is 0 Å². The van der Waals surface area contributed by atoms with E-state index in [1.807, 2.05) is 0 Å². The molecule has 0 aromatic heterocycles. The fourth-order valence-corrected chi connectivity index (χ4v) is 7.89. The Morgan fingerprint density at radius 2 is 0.714 bits per heavy atom. The number of benzene rings is 3. The molecule has 0 aliphatic rings. The van der Waals surface area contributed by atoms with E-state index in [2.05, 4.69) is 113 Å². The molecule has 0 aliphatic carbocycles. The van der Waals surface area contributed by atoms with Crippen molar-refractivity contribution in [1.29, 1.82) is 0 Å². The van der Waals surface area contributed by atoms with Gasteiger partial charge in [0.15, 0.2) is 26.9 Å². The quantitative estimate of drug-likeness (QED) is 0.365. The van der Waals surface area contributed by atoms with Crippen molar-refractivity contribution in [2.45, 2.75) is 0 Å². The minimum absolute atomic E-state index is 0. The molecule has 0 unspecified atom stereocenters. The highest BCUT2D eigenvalue weighted by molar-refractivity contribution is 14.2. The van der Waals surface area contributed by atoms with Crippen molar-refractivity contribution in [3.8, 4) is 0 Å². The van der Waals surface area contributed by atoms with E-state index in [0.717, 1.165) is 0 Å². The lowest BCUT2D eigenvalue weighted by atomic mass is 10.4. The van der Waals surface area contributed by atoms with Gasteiger partial charge < -0.3 is 24.0 Å². The summed E-state index contributed by atoms with van der Waals surface area (Å²) in [4.78, 5) is -1.56. The Bertz CT molecular complexity index is 573. The SMILES string of the molecule is I[P+](c1ccccc1)(c1ccccc1)c1ccccc1.[I-]. The monoisotopic (exact) mass is 516 g/mol. The van der Waals surface area contributed by atoms with Gasteiger partial charge in [-0.05, 0) is 36.4 Å². The van der Waals surface area contributed by atoms with Crippen molar-refractivity contribution in [1.82, 2.24) is 0 Å². The first-order chi connectivity index (χ1) is 9.82. The molecule has 0 N–H and O–H groups in total. The summed E-state index contributed by atoms with van der Waals surface area (Å²) in [5.74, 6) is 0. The molecule has 0 radical (unpaired) electrons. The zero-order valence-corrected chi connectivity index (χ0v) is 16.6. The molecule has 0 nitrogen and oxygen atoms in total. The van der Waals surface area contributed by atoms with Gasteiger partial charge in [0.1, 0.15) is 15.9 Å². The van der Waals surface area contributed by atoms with Crippen LogP contribution >= 0.6 is 26.9 Å². The van der Waals surface area contributed by atoms with Crippen LogP contribution in [-0.2, 0) is 0 Å². The van der Waals surface area contributed by atoms with E-state index in [-0.39, 0.29) is 24.0 Å². The molecule has 3 rings (SSSR count). The molecule has 0 amide bonds. The van der Waals surface area contributed by atoms with Crippen molar-refractivity contribution in [2.75, 3.05) is 0 Å². The van der Waals surface area contributed by atoms with Gasteiger partial charge in [-0.15, -0.1) is 0 Å². The van der Waals surface area contributed by atoms with Crippen LogP contribution in [0.25, 0.3) is 0 Å². The number of rotatable bonds is 3. The minimum atomic E-state index is -1.56. The van der Waals surface area contributed by atoms with Crippen LogP contribution in [0.15, 0.2) is 91.0 Å². The standard InChI is InChI=1S/C18H15IP.HI/c19-20(16-10-4-1-5-11-16,17-12-6-2-7-13-17)18-14-8-3-9-15-18;/h1-15H;1H/q+1;/p-1. The molecule has 3 aromatic rings. The van der Waals surface area contributed by atoms with Crippen molar-refractivity contribution < 1.29 is 24.0 Å². The highest BCUT2D eigenvalue weighted by Gasteiger charge is 2.43. The van der Waals surface area contributed by atoms with Crippen molar-refractivity contribution in [3.63, 3.8) is 0 Å². The van der Waals surface area contributed by atoms with E-state index < -0.39 is 4.90 Å². The maximum atomic E-state index is 2.68. The molecule has 21 heavy (non-hydrogen) atoms. The Labute approximate surface area is 156 Å². The minimum Gasteiger partial charge on any atom is -1.00 e. The van der Waals surface area contributed by atoms with Crippen molar-refractivity contribution in [3.05, 3.63) is 91.0 Å². The summed E-state index contributed by atoms with van der Waals surface area (Å²) in [5, 5.41) is 4.24. The molecule has 0 aliphatic heterocycles. The lowest BCUT2D eigenvalue weighted by molar-refractivity contribution is -0.00000364. The van der Waals surface area contributed by atoms with Crippen molar-refractivity contribution in [2.24, 2.45) is 0 Å². The number of hydrogen-bond donors (Lipinski definition) is 0. The fourth-order valence-electron chi connectivity index (χ4n) is 2.35. The Morgan fingerprint density at radius 1 is 0.476 bits per heavy atom. The molecule has 0 saturated heterocycles. The summed E-state index contributed by atoms with van der Waals surface area (Å²) in [6, 6.07) is 32.6. The molecule has 3 heteroatoms. The van der Waals surface area contributed by atoms with E-state index in [1.54, 1.807) is 0 Å². The lowest BCUT2D eigenvalue weighted by Gasteiger charge is -2.19. The van der Waals surface area contributed by atoms with Gasteiger partial charge in [0.25, 0.3) is 0 Å². The highest BCUT2D eigenvalue weighted by atomic mass is 127. The first-order valence-corrected chi connectivity index (χ1v) is 11.1. The second kappa shape index (κ2) is 7.70. The zero-order chi connectivity index (χ0) is 13.8. The third-order valence-electron chi connectivity index (χ3n) is 3.34. The molecule has 0 saturated carbocycles. The van der Waals surface area contributed by atoms with Gasteiger partial charge in [0.05, 0.1) is 0 Å². The molecule has 0 fully saturated rings. The number of hydrogen-bond acceptors (Lipinski definition) is 0. The highest BCUT2D eigenvalue weighted by Crippen LogP contribution is 2.63. The van der Waals surface area contributed by atoms with Crippen molar-refractivity contribution >= 4 is 42.9 Å². The van der Waals surface area contributed by atoms with Crippen LogP contribution in [0.5, 0.6) is 0 Å². The smallest absolute Gasteiger partial charge is 0.173 e. The van der Waals surface area contributed by atoms with Crippen LogP contribution in [0.3, 0.4) is 0 Å². The normalized spacial score (nSPS) is 10.7. The Hall–Kier alpha value is -0.450. The predicted octanol–water partition coefficient (Wildman–Crippen LogP) is 1.33. The van der Waals surface area contributed by atoms with Crippen LogP contribution in [0.4, 0.5) is 0 Å². The molecular weight excluding hydrogens is 501 g/mol. The maximum Gasteiger partial charge on any atom is 0.173 e. The van der Waals surface area contributed by atoms with Crippen LogP contribution in [0.1, 0.15) is 0 Å². The van der Waals surface area contributed by atoms with Gasteiger partial charge in [-0.3, -0.25) is 0 Å². The topological polar surface area (TPSA) is 0 Å². The van der Waals surface area contributed by atoms with Gasteiger partial charge in [-0.25, -0.2) is 0 Å². The van der Waals surface area contributed by atoms with Crippen LogP contribution in [0.2, 0.25) is 0 Å². The zero-order valence-electron chi connectivity index (χ0n) is 11.4. The summed E-state index contributed by atoms with van der Waals surface area (Å²) in [6.07, 6.45) is 0. The fraction of sp³-hybridized carbons (Fsp3) is 0. The predicted molar refractivity (Wildman–Crippen MR) is 99.2 cm³/mol. The molecule has 106 valence electrons. The first-order valence-electron chi connectivity index (χ1n) is 6.57. The van der Waals surface area contributed by atoms with E-state index in [1.165, 1.54) is 15.9 Å². The summed E-state index contributed by atoms with van der Waals surface area (Å²) in [6.45, 7) is 0. The van der Waals surface area contributed by atoms with Crippen LogP contribution in [0, 0.1) is 0 Å². The average molecular weight is 516 g/mol. The second-order valence-electron chi connectivity index (χ2n) is 4.60. The van der Waals surface area contributed by atoms with Crippen LogP contribution < -0.4 is 39.9 Å². The Morgan fingerprint density at radius 3 is 0.952 bits per heavy atom. The van der Waals surface area contributed by atoms with Gasteiger partial charge >= 0.3 is 0 Å². The molecule has 0 atom stereocenters. The van der Waals surface area contributed by atoms with E-state index in [0.29, 0.717) is 0 Å². The summed E-state index contributed by atoms with van der Waals surface area (Å²) in [5.41, 5.74) is 0. The first kappa shape index (κ1) is 16.9. The molecule has 0 bridgehead atoms. The summed E-state index contributed by atoms with van der Waals surface area (Å²) < 4.78 is 0. The van der Waals surface area contributed by atoms with Gasteiger partial charge in [0, 0.05) is 0 Å². The van der Waals surface area contributed by atoms with E-state index >= 15 is 0 Å². The van der Waals surface area contributed by atoms with E-state index in [9.17, 15) is 0 Å². The molecule has 3 aromatic carbocycles. The van der Waals surface area contributed by atoms with Gasteiger partial charge in [0.2, 0.25) is 0 Å². The van der Waals surface area contributed by atoms with Gasteiger partial charge in [-0.1, -0.05) is 54.6 Å². The largest absolute Gasteiger partial charge is 1.00 e. The third-order valence-corrected chi connectivity index (χ3v) is 11.4. The van der Waals surface area contributed by atoms with Crippen LogP contribution in [-0.4, -0.2) is 0 Å². The number of halogens is 2. The van der Waals surface area contributed by atoms with Gasteiger partial charge in [-0.2, -0.15) is 0 Å². The Balaban J connectivity index is 0.00000161. The Kier molecular flexibility index (Phi) is 6.20. The maximum absolute atomic E-state index is 2.68. The third kappa shape index (κ3) is 3.49. The molecule has 0 heterocycles. The molecular formula is C18H15I2P. The lowest BCUT2D eigenvalue weighted by Crippen LogP contribution is -3.00.